The predicted molar refractivity (Wildman–Crippen MR) is 53.7 cm³/mol. The summed E-state index contributed by atoms with van der Waals surface area (Å²) in [5.41, 5.74) is 0.708. The van der Waals surface area contributed by atoms with E-state index in [-0.39, 0.29) is 11.9 Å². The number of carbonyl (C=O) groups is 1. The van der Waals surface area contributed by atoms with Crippen LogP contribution in [0.4, 0.5) is 0 Å². The van der Waals surface area contributed by atoms with Gasteiger partial charge < -0.3 is 9.64 Å². The van der Waals surface area contributed by atoms with Gasteiger partial charge >= 0.3 is 0 Å². The minimum atomic E-state index is -0.331. The molecule has 1 heterocycles. The lowest BCUT2D eigenvalue weighted by atomic mass is 10.1. The number of rotatable bonds is 2. The Morgan fingerprint density at radius 2 is 2.07 bits per heavy atom. The molecule has 0 radical (unpaired) electrons. The molecule has 1 atom stereocenters. The number of likely N-dealkylation sites (N-methyl/N-ethyl adjacent to an activating group) is 1. The Labute approximate surface area is 83.3 Å². The maximum atomic E-state index is 11.8. The molecule has 0 bridgehead atoms. The van der Waals surface area contributed by atoms with E-state index in [0.717, 1.165) is 0 Å². The zero-order valence-electron chi connectivity index (χ0n) is 8.36. The van der Waals surface area contributed by atoms with Gasteiger partial charge in [0, 0.05) is 6.54 Å². The first-order valence-electron chi connectivity index (χ1n) is 4.63. The lowest BCUT2D eigenvalue weighted by Crippen LogP contribution is -2.33. The van der Waals surface area contributed by atoms with Gasteiger partial charge in [0.05, 0.1) is 5.56 Å². The fourth-order valence-corrected chi connectivity index (χ4v) is 1.61. The van der Waals surface area contributed by atoms with Gasteiger partial charge in [-0.1, -0.05) is 12.1 Å². The first-order chi connectivity index (χ1) is 6.68. The van der Waals surface area contributed by atoms with E-state index in [1.807, 2.05) is 43.3 Å². The molecule has 1 aromatic carbocycles. The zero-order valence-corrected chi connectivity index (χ0v) is 8.36. The summed E-state index contributed by atoms with van der Waals surface area (Å²) in [6, 6.07) is 7.39. The standard InChI is InChI=1S/C11H13NO2/c1-12(2)7-10-11(13)8-5-3-4-6-9(8)14-10/h3-6,10H,7H2,1-2H3. The molecule has 0 saturated heterocycles. The molecule has 0 aliphatic carbocycles. The van der Waals surface area contributed by atoms with Crippen LogP contribution >= 0.6 is 0 Å². The molecule has 0 aromatic heterocycles. The third kappa shape index (κ3) is 1.51. The second-order valence-electron chi connectivity index (χ2n) is 3.73. The average molecular weight is 191 g/mol. The fraction of sp³-hybridized carbons (Fsp3) is 0.364. The highest BCUT2D eigenvalue weighted by Crippen LogP contribution is 2.28. The topological polar surface area (TPSA) is 29.5 Å². The quantitative estimate of drug-likeness (QED) is 0.703. The minimum absolute atomic E-state index is 0.0919. The summed E-state index contributed by atoms with van der Waals surface area (Å²) in [7, 11) is 3.86. The Morgan fingerprint density at radius 1 is 1.36 bits per heavy atom. The van der Waals surface area contributed by atoms with Crippen molar-refractivity contribution in [2.75, 3.05) is 20.6 Å². The molecule has 1 aliphatic heterocycles. The molecule has 14 heavy (non-hydrogen) atoms. The Hall–Kier alpha value is -1.35. The zero-order chi connectivity index (χ0) is 10.1. The van der Waals surface area contributed by atoms with Crippen LogP contribution in [0.3, 0.4) is 0 Å². The molecule has 3 heteroatoms. The SMILES string of the molecule is CN(C)CC1Oc2ccccc2C1=O. The maximum absolute atomic E-state index is 11.8. The second-order valence-corrected chi connectivity index (χ2v) is 3.73. The van der Waals surface area contributed by atoms with E-state index in [2.05, 4.69) is 0 Å². The molecular weight excluding hydrogens is 178 g/mol. The van der Waals surface area contributed by atoms with E-state index in [4.69, 9.17) is 4.74 Å². The van der Waals surface area contributed by atoms with Gasteiger partial charge in [0.1, 0.15) is 5.75 Å². The van der Waals surface area contributed by atoms with E-state index < -0.39 is 0 Å². The number of para-hydroxylation sites is 1. The van der Waals surface area contributed by atoms with Crippen LogP contribution in [-0.2, 0) is 0 Å². The third-order valence-electron chi connectivity index (χ3n) is 2.25. The molecule has 0 N–H and O–H groups in total. The lowest BCUT2D eigenvalue weighted by Gasteiger charge is -2.14. The molecule has 0 spiro atoms. The number of hydrogen-bond acceptors (Lipinski definition) is 3. The molecule has 1 aromatic rings. The highest BCUT2D eigenvalue weighted by molar-refractivity contribution is 6.04. The van der Waals surface area contributed by atoms with Crippen LogP contribution in [0, 0.1) is 0 Å². The number of hydrogen-bond donors (Lipinski definition) is 0. The van der Waals surface area contributed by atoms with E-state index in [0.29, 0.717) is 17.9 Å². The van der Waals surface area contributed by atoms with E-state index in [9.17, 15) is 4.79 Å². The molecule has 0 amide bonds. The van der Waals surface area contributed by atoms with Crippen LogP contribution in [0.15, 0.2) is 24.3 Å². The van der Waals surface area contributed by atoms with Gasteiger partial charge in [0.2, 0.25) is 5.78 Å². The van der Waals surface area contributed by atoms with Crippen molar-refractivity contribution in [2.45, 2.75) is 6.10 Å². The van der Waals surface area contributed by atoms with Crippen LogP contribution in [0.1, 0.15) is 10.4 Å². The fourth-order valence-electron chi connectivity index (χ4n) is 1.61. The molecule has 0 fully saturated rings. The van der Waals surface area contributed by atoms with E-state index >= 15 is 0 Å². The number of ketones is 1. The highest BCUT2D eigenvalue weighted by atomic mass is 16.5. The van der Waals surface area contributed by atoms with Crippen LogP contribution in [-0.4, -0.2) is 37.4 Å². The van der Waals surface area contributed by atoms with Crippen molar-refractivity contribution in [3.05, 3.63) is 29.8 Å². The number of benzene rings is 1. The number of fused-ring (bicyclic) bond motifs is 1. The summed E-state index contributed by atoms with van der Waals surface area (Å²) in [6.45, 7) is 0.632. The summed E-state index contributed by atoms with van der Waals surface area (Å²) in [5.74, 6) is 0.804. The third-order valence-corrected chi connectivity index (χ3v) is 2.25. The molecule has 1 aliphatic rings. The van der Waals surface area contributed by atoms with Crippen molar-refractivity contribution < 1.29 is 9.53 Å². The van der Waals surface area contributed by atoms with Crippen molar-refractivity contribution in [1.82, 2.24) is 4.90 Å². The number of ether oxygens (including phenoxy) is 1. The van der Waals surface area contributed by atoms with Gasteiger partial charge in [-0.25, -0.2) is 0 Å². The lowest BCUT2D eigenvalue weighted by molar-refractivity contribution is 0.0816. The summed E-state index contributed by atoms with van der Waals surface area (Å²) in [6.07, 6.45) is -0.331. The molecule has 3 nitrogen and oxygen atoms in total. The maximum Gasteiger partial charge on any atom is 0.208 e. The molecular formula is C11H13NO2. The van der Waals surface area contributed by atoms with E-state index in [1.165, 1.54) is 0 Å². The van der Waals surface area contributed by atoms with Gasteiger partial charge in [-0.3, -0.25) is 4.79 Å². The van der Waals surface area contributed by atoms with Gasteiger partial charge in [0.25, 0.3) is 0 Å². The first-order valence-corrected chi connectivity index (χ1v) is 4.63. The number of Topliss-reactive ketones (excluding diaryl/α,β-unsaturated/α-hetero) is 1. The normalized spacial score (nSPS) is 19.6. The molecule has 74 valence electrons. The monoisotopic (exact) mass is 191 g/mol. The van der Waals surface area contributed by atoms with Crippen molar-refractivity contribution in [3.63, 3.8) is 0 Å². The average Bonchev–Trinajstić information content (AvgIpc) is 2.44. The van der Waals surface area contributed by atoms with E-state index in [1.54, 1.807) is 0 Å². The summed E-state index contributed by atoms with van der Waals surface area (Å²) in [5, 5.41) is 0. The van der Waals surface area contributed by atoms with Gasteiger partial charge in [0.15, 0.2) is 6.10 Å². The smallest absolute Gasteiger partial charge is 0.208 e. The van der Waals surface area contributed by atoms with Crippen LogP contribution in [0.5, 0.6) is 5.75 Å². The molecule has 1 unspecified atom stereocenters. The second kappa shape index (κ2) is 3.42. The Bertz CT molecular complexity index is 360. The number of carbonyl (C=O) groups excluding carboxylic acids is 1. The summed E-state index contributed by atoms with van der Waals surface area (Å²) < 4.78 is 5.54. The minimum Gasteiger partial charge on any atom is -0.480 e. The van der Waals surface area contributed by atoms with Gasteiger partial charge in [-0.2, -0.15) is 0 Å². The van der Waals surface area contributed by atoms with Gasteiger partial charge in [-0.05, 0) is 26.2 Å². The van der Waals surface area contributed by atoms with Crippen LogP contribution in [0.25, 0.3) is 0 Å². The Kier molecular flexibility index (Phi) is 2.25. The molecule has 0 saturated carbocycles. The number of nitrogens with zero attached hydrogens (tertiary/aromatic N) is 1. The van der Waals surface area contributed by atoms with Crippen molar-refractivity contribution >= 4 is 5.78 Å². The Balaban J connectivity index is 2.21. The van der Waals surface area contributed by atoms with Crippen molar-refractivity contribution in [2.24, 2.45) is 0 Å². The van der Waals surface area contributed by atoms with Gasteiger partial charge in [-0.15, -0.1) is 0 Å². The van der Waals surface area contributed by atoms with Crippen molar-refractivity contribution in [1.29, 1.82) is 0 Å². The largest absolute Gasteiger partial charge is 0.480 e. The first kappa shape index (κ1) is 9.21. The van der Waals surface area contributed by atoms with Crippen LogP contribution in [0.2, 0.25) is 0 Å². The Morgan fingerprint density at radius 3 is 2.71 bits per heavy atom. The molecule has 2 rings (SSSR count). The highest BCUT2D eigenvalue weighted by Gasteiger charge is 2.31. The summed E-state index contributed by atoms with van der Waals surface area (Å²) in [4.78, 5) is 13.7. The van der Waals surface area contributed by atoms with Crippen molar-refractivity contribution in [3.8, 4) is 5.75 Å². The summed E-state index contributed by atoms with van der Waals surface area (Å²) >= 11 is 0. The predicted octanol–water partition coefficient (Wildman–Crippen LogP) is 1.19. The van der Waals surface area contributed by atoms with Crippen LogP contribution < -0.4 is 4.74 Å².